The number of aromatic nitrogens is 1. The van der Waals surface area contributed by atoms with Crippen LogP contribution in [-0.2, 0) is 0 Å². The Morgan fingerprint density at radius 1 is 1.52 bits per heavy atom. The number of rotatable bonds is 4. The Kier molecular flexibility index (Phi) is 4.83. The normalized spacial score (nSPS) is 25.4. The number of aliphatic hydroxyl groups is 1. The van der Waals surface area contributed by atoms with Crippen LogP contribution in [0.2, 0.25) is 0 Å². The Morgan fingerprint density at radius 3 is 2.81 bits per heavy atom. The van der Waals surface area contributed by atoms with Crippen molar-refractivity contribution in [1.82, 2.24) is 9.88 Å². The molecule has 1 fully saturated rings. The summed E-state index contributed by atoms with van der Waals surface area (Å²) in [5, 5.41) is 13.2. The third-order valence-electron chi connectivity index (χ3n) is 4.20. The van der Waals surface area contributed by atoms with E-state index in [1.807, 2.05) is 6.07 Å². The minimum atomic E-state index is -0.280. The Bertz CT molecular complexity index is 487. The smallest absolute Gasteiger partial charge is 0.254 e. The molecule has 2 rings (SSSR count). The summed E-state index contributed by atoms with van der Waals surface area (Å²) in [4.78, 5) is 17.7. The predicted octanol–water partition coefficient (Wildman–Crippen LogP) is 2.14. The Balaban J connectivity index is 2.10. The van der Waals surface area contributed by atoms with Crippen LogP contribution < -0.4 is 5.32 Å². The summed E-state index contributed by atoms with van der Waals surface area (Å²) in [6.45, 7) is 2.33. The Morgan fingerprint density at radius 2 is 2.29 bits per heavy atom. The van der Waals surface area contributed by atoms with Gasteiger partial charge in [-0.05, 0) is 30.9 Å². The maximum absolute atomic E-state index is 11.8. The van der Waals surface area contributed by atoms with E-state index < -0.39 is 0 Å². The predicted molar refractivity (Wildman–Crippen MR) is 83.3 cm³/mol. The van der Waals surface area contributed by atoms with Crippen LogP contribution >= 0.6 is 0 Å². The molecule has 21 heavy (non-hydrogen) atoms. The van der Waals surface area contributed by atoms with Gasteiger partial charge >= 0.3 is 0 Å². The van der Waals surface area contributed by atoms with Crippen LogP contribution in [0.15, 0.2) is 18.3 Å². The molecule has 5 nitrogen and oxygen atoms in total. The SMILES string of the molecule is CC1CCCC(CO)(Nc2ccc(C(=O)N(C)C)cn2)C1. The van der Waals surface area contributed by atoms with Crippen LogP contribution in [0, 0.1) is 5.92 Å². The van der Waals surface area contributed by atoms with Gasteiger partial charge in [-0.15, -0.1) is 0 Å². The molecule has 2 unspecified atom stereocenters. The molecule has 2 N–H and O–H groups in total. The summed E-state index contributed by atoms with van der Waals surface area (Å²) in [5.74, 6) is 1.26. The zero-order chi connectivity index (χ0) is 15.5. The summed E-state index contributed by atoms with van der Waals surface area (Å²) < 4.78 is 0. The van der Waals surface area contributed by atoms with Gasteiger partial charge < -0.3 is 15.3 Å². The van der Waals surface area contributed by atoms with Crippen LogP contribution in [0.3, 0.4) is 0 Å². The van der Waals surface area contributed by atoms with Crippen LogP contribution in [0.25, 0.3) is 0 Å². The molecule has 1 aliphatic rings. The summed E-state index contributed by atoms with van der Waals surface area (Å²) in [5.41, 5.74) is 0.290. The number of nitrogens with one attached hydrogen (secondary N) is 1. The molecule has 0 aromatic carbocycles. The third-order valence-corrected chi connectivity index (χ3v) is 4.20. The molecule has 1 aliphatic carbocycles. The van der Waals surface area contributed by atoms with Crippen molar-refractivity contribution in [3.05, 3.63) is 23.9 Å². The fourth-order valence-electron chi connectivity index (χ4n) is 3.08. The van der Waals surface area contributed by atoms with Crippen LogP contribution in [0.5, 0.6) is 0 Å². The van der Waals surface area contributed by atoms with Crippen molar-refractivity contribution in [2.24, 2.45) is 5.92 Å². The number of carbonyl (C=O) groups excluding carboxylic acids is 1. The topological polar surface area (TPSA) is 65.5 Å². The number of aliphatic hydroxyl groups excluding tert-OH is 1. The Labute approximate surface area is 126 Å². The minimum Gasteiger partial charge on any atom is -0.394 e. The molecular formula is C16H25N3O2. The van der Waals surface area contributed by atoms with Gasteiger partial charge in [-0.25, -0.2) is 4.98 Å². The summed E-state index contributed by atoms with van der Waals surface area (Å²) >= 11 is 0. The lowest BCUT2D eigenvalue weighted by Gasteiger charge is -2.39. The van der Waals surface area contributed by atoms with E-state index in [0.29, 0.717) is 17.3 Å². The van der Waals surface area contributed by atoms with Crippen molar-refractivity contribution in [2.45, 2.75) is 38.1 Å². The molecule has 2 atom stereocenters. The lowest BCUT2D eigenvalue weighted by molar-refractivity contribution is 0.0827. The van der Waals surface area contributed by atoms with Gasteiger partial charge in [0.05, 0.1) is 17.7 Å². The van der Waals surface area contributed by atoms with Crippen molar-refractivity contribution in [3.63, 3.8) is 0 Å². The van der Waals surface area contributed by atoms with E-state index in [1.54, 1.807) is 26.4 Å². The number of nitrogens with zero attached hydrogens (tertiary/aromatic N) is 2. The second kappa shape index (κ2) is 6.43. The van der Waals surface area contributed by atoms with Crippen LogP contribution in [0.4, 0.5) is 5.82 Å². The fraction of sp³-hybridized carbons (Fsp3) is 0.625. The molecular weight excluding hydrogens is 266 g/mol. The van der Waals surface area contributed by atoms with Gasteiger partial charge in [0.15, 0.2) is 0 Å². The molecule has 1 heterocycles. The zero-order valence-corrected chi connectivity index (χ0v) is 13.1. The average molecular weight is 291 g/mol. The maximum Gasteiger partial charge on any atom is 0.254 e. The molecule has 1 aromatic heterocycles. The second-order valence-corrected chi connectivity index (χ2v) is 6.40. The molecule has 0 bridgehead atoms. The largest absolute Gasteiger partial charge is 0.394 e. The van der Waals surface area contributed by atoms with Gasteiger partial charge in [0.25, 0.3) is 5.91 Å². The van der Waals surface area contributed by atoms with E-state index >= 15 is 0 Å². The first kappa shape index (κ1) is 15.8. The number of carbonyl (C=O) groups is 1. The number of amides is 1. The number of pyridine rings is 1. The summed E-state index contributed by atoms with van der Waals surface area (Å²) in [6, 6.07) is 3.59. The summed E-state index contributed by atoms with van der Waals surface area (Å²) in [6.07, 6.45) is 5.82. The minimum absolute atomic E-state index is 0.0581. The lowest BCUT2D eigenvalue weighted by atomic mass is 9.77. The molecule has 116 valence electrons. The first-order chi connectivity index (χ1) is 9.96. The third kappa shape index (κ3) is 3.73. The number of hydrogen-bond acceptors (Lipinski definition) is 4. The van der Waals surface area contributed by atoms with Gasteiger partial charge in [-0.2, -0.15) is 0 Å². The average Bonchev–Trinajstić information content (AvgIpc) is 2.47. The van der Waals surface area contributed by atoms with Gasteiger partial charge in [0.1, 0.15) is 5.82 Å². The van der Waals surface area contributed by atoms with E-state index in [2.05, 4.69) is 17.2 Å². The van der Waals surface area contributed by atoms with Crippen molar-refractivity contribution in [1.29, 1.82) is 0 Å². The first-order valence-corrected chi connectivity index (χ1v) is 7.52. The highest BCUT2D eigenvalue weighted by atomic mass is 16.3. The molecule has 0 saturated heterocycles. The number of hydrogen-bond donors (Lipinski definition) is 2. The van der Waals surface area contributed by atoms with E-state index in [-0.39, 0.29) is 18.1 Å². The molecule has 1 saturated carbocycles. The van der Waals surface area contributed by atoms with Gasteiger partial charge in [0.2, 0.25) is 0 Å². The molecule has 0 radical (unpaired) electrons. The van der Waals surface area contributed by atoms with Gasteiger partial charge in [0, 0.05) is 20.3 Å². The van der Waals surface area contributed by atoms with Gasteiger partial charge in [-0.1, -0.05) is 19.8 Å². The molecule has 5 heteroatoms. The van der Waals surface area contributed by atoms with E-state index in [1.165, 1.54) is 11.3 Å². The maximum atomic E-state index is 11.8. The van der Waals surface area contributed by atoms with Crippen molar-refractivity contribution >= 4 is 11.7 Å². The zero-order valence-electron chi connectivity index (χ0n) is 13.1. The summed E-state index contributed by atoms with van der Waals surface area (Å²) in [7, 11) is 3.44. The molecule has 0 aliphatic heterocycles. The van der Waals surface area contributed by atoms with E-state index in [0.717, 1.165) is 19.3 Å². The molecule has 1 aromatic rings. The molecule has 0 spiro atoms. The highest BCUT2D eigenvalue weighted by molar-refractivity contribution is 5.93. The monoisotopic (exact) mass is 291 g/mol. The van der Waals surface area contributed by atoms with E-state index in [4.69, 9.17) is 0 Å². The van der Waals surface area contributed by atoms with Crippen LogP contribution in [-0.4, -0.2) is 47.1 Å². The number of anilines is 1. The van der Waals surface area contributed by atoms with Crippen molar-refractivity contribution in [2.75, 3.05) is 26.0 Å². The first-order valence-electron chi connectivity index (χ1n) is 7.52. The van der Waals surface area contributed by atoms with Gasteiger partial charge in [-0.3, -0.25) is 4.79 Å². The fourth-order valence-corrected chi connectivity index (χ4v) is 3.08. The Hall–Kier alpha value is -1.62. The van der Waals surface area contributed by atoms with Crippen molar-refractivity contribution < 1.29 is 9.90 Å². The lowest BCUT2D eigenvalue weighted by Crippen LogP contribution is -2.46. The standard InChI is InChI=1S/C16H25N3O2/c1-12-5-4-8-16(9-12,11-20)18-14-7-6-13(10-17-14)15(21)19(2)3/h6-7,10,12,20H,4-5,8-9,11H2,1-3H3,(H,17,18). The quantitative estimate of drug-likeness (QED) is 0.892. The molecule has 1 amide bonds. The highest BCUT2D eigenvalue weighted by Crippen LogP contribution is 2.34. The van der Waals surface area contributed by atoms with Crippen LogP contribution in [0.1, 0.15) is 43.0 Å². The van der Waals surface area contributed by atoms with Crippen molar-refractivity contribution in [3.8, 4) is 0 Å². The highest BCUT2D eigenvalue weighted by Gasteiger charge is 2.34. The second-order valence-electron chi connectivity index (χ2n) is 6.40. The van der Waals surface area contributed by atoms with E-state index in [9.17, 15) is 9.90 Å².